The van der Waals surface area contributed by atoms with E-state index in [1.54, 1.807) is 36.4 Å². The second-order valence-electron chi connectivity index (χ2n) is 8.13. The molecule has 1 saturated heterocycles. The fourth-order valence-electron chi connectivity index (χ4n) is 3.82. The van der Waals surface area contributed by atoms with Crippen LogP contribution in [0.25, 0.3) is 0 Å². The minimum atomic E-state index is -0.584. The first-order valence-corrected chi connectivity index (χ1v) is 13.2. The number of carbonyl (C=O) groups is 3. The highest BCUT2D eigenvalue weighted by Crippen LogP contribution is 2.25. The zero-order chi connectivity index (χ0) is 25.8. The molecule has 0 unspecified atom stereocenters. The van der Waals surface area contributed by atoms with Crippen LogP contribution in [0.4, 0.5) is 9.52 Å². The Morgan fingerprint density at radius 3 is 2.54 bits per heavy atom. The van der Waals surface area contributed by atoms with E-state index in [4.69, 9.17) is 9.57 Å². The van der Waals surface area contributed by atoms with Gasteiger partial charge in [0, 0.05) is 29.2 Å². The number of nitrogens with one attached hydrogen (secondary N) is 1. The van der Waals surface area contributed by atoms with Crippen molar-refractivity contribution in [3.63, 3.8) is 0 Å². The Bertz CT molecular complexity index is 1320. The first-order chi connectivity index (χ1) is 18.0. The predicted octanol–water partition coefficient (Wildman–Crippen LogP) is 3.82. The second kappa shape index (κ2) is 11.2. The Hall–Kier alpha value is -3.61. The van der Waals surface area contributed by atoms with Crippen LogP contribution in [0.1, 0.15) is 32.7 Å². The number of fused-ring (bicyclic) bond motifs is 1. The van der Waals surface area contributed by atoms with Crippen LogP contribution in [-0.4, -0.2) is 64.9 Å². The fourth-order valence-corrected chi connectivity index (χ4v) is 5.20. The number of halogens is 1. The highest BCUT2D eigenvalue weighted by molar-refractivity contribution is 7.99. The molecule has 0 radical (unpaired) electrons. The van der Waals surface area contributed by atoms with E-state index in [1.807, 2.05) is 12.1 Å². The molecule has 2 aliphatic heterocycles. The Kier molecular flexibility index (Phi) is 7.58. The van der Waals surface area contributed by atoms with E-state index in [0.717, 1.165) is 11.1 Å². The summed E-state index contributed by atoms with van der Waals surface area (Å²) in [6, 6.07) is 13.9. The highest BCUT2D eigenvalue weighted by atomic mass is 32.2. The van der Waals surface area contributed by atoms with Gasteiger partial charge in [0.05, 0.1) is 30.5 Å². The minimum absolute atomic E-state index is 0.0186. The predicted molar refractivity (Wildman–Crippen MR) is 137 cm³/mol. The number of nitrogens with zero attached hydrogens (tertiary/aromatic N) is 3. The molecular weight excluding hydrogens is 519 g/mol. The molecule has 1 fully saturated rings. The number of thioether (sulfide) groups is 1. The third-order valence-electron chi connectivity index (χ3n) is 5.68. The van der Waals surface area contributed by atoms with Gasteiger partial charge in [-0.1, -0.05) is 40.8 Å². The number of oxime groups is 1. The van der Waals surface area contributed by atoms with Gasteiger partial charge in [0.15, 0.2) is 22.1 Å². The average molecular weight is 541 g/mol. The molecule has 0 spiro atoms. The summed E-state index contributed by atoms with van der Waals surface area (Å²) in [7, 11) is 0. The molecule has 0 aliphatic carbocycles. The van der Waals surface area contributed by atoms with Gasteiger partial charge in [0.2, 0.25) is 0 Å². The summed E-state index contributed by atoms with van der Waals surface area (Å²) in [6.07, 6.45) is 1.44. The molecule has 1 atom stereocenters. The summed E-state index contributed by atoms with van der Waals surface area (Å²) in [5.41, 5.74) is 1.38. The number of hydrogen-bond acceptors (Lipinski definition) is 9. The van der Waals surface area contributed by atoms with Crippen molar-refractivity contribution in [1.29, 1.82) is 0 Å². The molecule has 3 amide bonds. The number of benzene rings is 2. The number of ether oxygens (including phenoxy) is 1. The van der Waals surface area contributed by atoms with Gasteiger partial charge in [0.25, 0.3) is 17.7 Å². The van der Waals surface area contributed by atoms with Gasteiger partial charge in [-0.2, -0.15) is 4.39 Å². The monoisotopic (exact) mass is 540 g/mol. The minimum Gasteiger partial charge on any atom is -0.389 e. The fraction of sp³-hybridized carbons (Fsp3) is 0.240. The van der Waals surface area contributed by atoms with Gasteiger partial charge >= 0.3 is 0 Å². The van der Waals surface area contributed by atoms with E-state index in [1.165, 1.54) is 16.7 Å². The van der Waals surface area contributed by atoms with Crippen LogP contribution in [0.2, 0.25) is 0 Å². The van der Waals surface area contributed by atoms with Crippen molar-refractivity contribution in [1.82, 2.24) is 9.88 Å². The van der Waals surface area contributed by atoms with Gasteiger partial charge in [-0.05, 0) is 24.3 Å². The Morgan fingerprint density at radius 2 is 1.92 bits per heavy atom. The lowest BCUT2D eigenvalue weighted by atomic mass is 10.1. The number of aromatic nitrogens is 1. The third kappa shape index (κ3) is 5.71. The van der Waals surface area contributed by atoms with Gasteiger partial charge < -0.3 is 9.57 Å². The molecule has 1 N–H and O–H groups in total. The maximum absolute atomic E-state index is 13.3. The van der Waals surface area contributed by atoms with Crippen LogP contribution < -0.4 is 5.32 Å². The number of amides is 3. The van der Waals surface area contributed by atoms with Crippen LogP contribution in [-0.2, 0) is 14.4 Å². The summed E-state index contributed by atoms with van der Waals surface area (Å²) < 4.78 is 18.6. The Morgan fingerprint density at radius 1 is 1.19 bits per heavy atom. The molecule has 2 aliphatic rings. The lowest BCUT2D eigenvalue weighted by Gasteiger charge is -2.13. The van der Waals surface area contributed by atoms with Crippen molar-refractivity contribution in [2.24, 2.45) is 5.16 Å². The number of rotatable bonds is 9. The molecule has 1 aromatic heterocycles. The lowest BCUT2D eigenvalue weighted by molar-refractivity contribution is -0.110. The largest absolute Gasteiger partial charge is 0.389 e. The first kappa shape index (κ1) is 25.1. The summed E-state index contributed by atoms with van der Waals surface area (Å²) >= 11 is 2.18. The van der Waals surface area contributed by atoms with Gasteiger partial charge in [-0.3, -0.25) is 24.6 Å². The number of anilines is 1. The molecule has 37 heavy (non-hydrogen) atoms. The van der Waals surface area contributed by atoms with Crippen LogP contribution in [0.5, 0.6) is 0 Å². The van der Waals surface area contributed by atoms with Crippen molar-refractivity contribution in [2.75, 3.05) is 30.8 Å². The normalized spacial score (nSPS) is 17.3. The number of imide groups is 1. The maximum atomic E-state index is 13.3. The molecule has 2 aromatic carbocycles. The van der Waals surface area contributed by atoms with Crippen LogP contribution in [0.15, 0.2) is 64.8 Å². The van der Waals surface area contributed by atoms with Gasteiger partial charge in [0.1, 0.15) is 0 Å². The summed E-state index contributed by atoms with van der Waals surface area (Å²) in [5, 5.41) is 6.22. The van der Waals surface area contributed by atoms with Gasteiger partial charge in [-0.15, -0.1) is 11.8 Å². The van der Waals surface area contributed by atoms with E-state index in [9.17, 15) is 18.8 Å². The molecule has 0 bridgehead atoms. The van der Waals surface area contributed by atoms with E-state index in [0.29, 0.717) is 53.4 Å². The van der Waals surface area contributed by atoms with Crippen molar-refractivity contribution in [3.05, 3.63) is 76.5 Å². The zero-order valence-corrected chi connectivity index (χ0v) is 21.0. The second-order valence-corrected chi connectivity index (χ2v) is 10.3. The van der Waals surface area contributed by atoms with E-state index in [2.05, 4.69) is 15.5 Å². The first-order valence-electron chi connectivity index (χ1n) is 11.4. The van der Waals surface area contributed by atoms with Gasteiger partial charge in [-0.25, -0.2) is 4.98 Å². The number of hydrogen-bond donors (Lipinski definition) is 1. The standard InChI is InChI=1S/C25H21FN4O5S2/c26-20-13-27-25(37-20)28-22(31)21(29-35-16-9-11-34-14-16)15-5-7-17(8-6-15)36-12-10-30-23(32)18-3-1-2-4-19(18)24(30)33/h1-8,13,16H,9-12,14H2,(H,27,28,31)/t16-/m1/s1. The molecular formula is C25H21FN4O5S2. The Balaban J connectivity index is 1.23. The molecule has 3 heterocycles. The van der Waals surface area contributed by atoms with Crippen molar-refractivity contribution >= 4 is 51.7 Å². The topological polar surface area (TPSA) is 110 Å². The Labute approximate surface area is 219 Å². The smallest absolute Gasteiger partial charge is 0.280 e. The summed E-state index contributed by atoms with van der Waals surface area (Å²) in [5.74, 6) is -0.640. The summed E-state index contributed by atoms with van der Waals surface area (Å²) in [4.78, 5) is 49.4. The SMILES string of the molecule is O=C(Nc1ncc(F)s1)C(=NO[C@@H]1CCOC1)c1ccc(SCCN2C(=O)c3ccccc3C2=O)cc1. The molecule has 9 nitrogen and oxygen atoms in total. The van der Waals surface area contributed by atoms with Crippen molar-refractivity contribution in [2.45, 2.75) is 17.4 Å². The highest BCUT2D eigenvalue weighted by Gasteiger charge is 2.34. The molecule has 0 saturated carbocycles. The van der Waals surface area contributed by atoms with Crippen LogP contribution in [0.3, 0.4) is 0 Å². The summed E-state index contributed by atoms with van der Waals surface area (Å²) in [6.45, 7) is 1.22. The number of carbonyl (C=O) groups excluding carboxylic acids is 3. The quantitative estimate of drug-likeness (QED) is 0.190. The van der Waals surface area contributed by atoms with E-state index >= 15 is 0 Å². The van der Waals surface area contributed by atoms with Crippen LogP contribution in [0, 0.1) is 5.13 Å². The molecule has 3 aromatic rings. The average Bonchev–Trinajstić information content (AvgIpc) is 3.63. The molecule has 5 rings (SSSR count). The van der Waals surface area contributed by atoms with E-state index < -0.39 is 11.0 Å². The van der Waals surface area contributed by atoms with Crippen LogP contribution >= 0.6 is 23.1 Å². The van der Waals surface area contributed by atoms with Crippen molar-refractivity contribution in [3.8, 4) is 0 Å². The zero-order valence-electron chi connectivity index (χ0n) is 19.4. The number of thiazole rings is 1. The maximum Gasteiger partial charge on any atom is 0.280 e. The van der Waals surface area contributed by atoms with Crippen molar-refractivity contribution < 1.29 is 28.3 Å². The lowest BCUT2D eigenvalue weighted by Crippen LogP contribution is -2.31. The van der Waals surface area contributed by atoms with E-state index in [-0.39, 0.29) is 35.3 Å². The third-order valence-corrected chi connectivity index (χ3v) is 7.38. The molecule has 12 heteroatoms. The molecule has 190 valence electrons.